The van der Waals surface area contributed by atoms with Crippen LogP contribution in [0.25, 0.3) is 0 Å². The zero-order valence-corrected chi connectivity index (χ0v) is 12.0. The van der Waals surface area contributed by atoms with Crippen LogP contribution in [-0.2, 0) is 0 Å². The third-order valence-corrected chi connectivity index (χ3v) is 3.96. The summed E-state index contributed by atoms with van der Waals surface area (Å²) in [6, 6.07) is 6.97. The second-order valence-corrected chi connectivity index (χ2v) is 5.39. The molecule has 0 spiro atoms. The molecular formula is C17H18N2O2. The van der Waals surface area contributed by atoms with E-state index in [0.717, 1.165) is 19.6 Å². The number of hydrogen-bond acceptors (Lipinski definition) is 3. The van der Waals surface area contributed by atoms with Gasteiger partial charge in [-0.05, 0) is 38.1 Å². The van der Waals surface area contributed by atoms with Gasteiger partial charge < -0.3 is 0 Å². The highest BCUT2D eigenvalue weighted by molar-refractivity contribution is 6.21. The van der Waals surface area contributed by atoms with E-state index in [1.54, 1.807) is 24.3 Å². The van der Waals surface area contributed by atoms with Gasteiger partial charge >= 0.3 is 0 Å². The molecule has 108 valence electrons. The van der Waals surface area contributed by atoms with E-state index in [0.29, 0.717) is 24.1 Å². The molecule has 0 aliphatic carbocycles. The summed E-state index contributed by atoms with van der Waals surface area (Å²) in [6.07, 6.45) is 3.06. The van der Waals surface area contributed by atoms with Crippen LogP contribution in [0.2, 0.25) is 0 Å². The Hall–Kier alpha value is -2.12. The van der Waals surface area contributed by atoms with Crippen molar-refractivity contribution in [2.75, 3.05) is 26.2 Å². The van der Waals surface area contributed by atoms with E-state index in [1.165, 1.54) is 17.7 Å². The molecule has 1 aromatic rings. The van der Waals surface area contributed by atoms with Gasteiger partial charge in [0.2, 0.25) is 0 Å². The van der Waals surface area contributed by atoms with E-state index in [-0.39, 0.29) is 11.8 Å². The molecule has 21 heavy (non-hydrogen) atoms. The highest BCUT2D eigenvalue weighted by Crippen LogP contribution is 2.22. The molecule has 0 N–H and O–H groups in total. The molecule has 0 aromatic heterocycles. The lowest BCUT2D eigenvalue weighted by atomic mass is 10.1. The average molecular weight is 282 g/mol. The fourth-order valence-corrected chi connectivity index (χ4v) is 2.81. The van der Waals surface area contributed by atoms with Gasteiger partial charge in [0.25, 0.3) is 11.8 Å². The maximum absolute atomic E-state index is 12.1. The highest BCUT2D eigenvalue weighted by atomic mass is 16.2. The molecule has 0 atom stereocenters. The smallest absolute Gasteiger partial charge is 0.261 e. The molecule has 2 aliphatic rings. The quantitative estimate of drug-likeness (QED) is 0.626. The molecule has 0 radical (unpaired) electrons. The monoisotopic (exact) mass is 282 g/mol. The summed E-state index contributed by atoms with van der Waals surface area (Å²) in [4.78, 5) is 27.9. The molecule has 4 nitrogen and oxygen atoms in total. The zero-order chi connectivity index (χ0) is 14.7. The zero-order valence-electron chi connectivity index (χ0n) is 12.0. The minimum Gasteiger partial charge on any atom is -0.292 e. The third kappa shape index (κ3) is 2.84. The molecule has 0 bridgehead atoms. The number of carbonyl (C=O) groups is 2. The summed E-state index contributed by atoms with van der Waals surface area (Å²) >= 11 is 0. The Morgan fingerprint density at radius 2 is 1.57 bits per heavy atom. The van der Waals surface area contributed by atoms with Gasteiger partial charge in [0.1, 0.15) is 0 Å². The van der Waals surface area contributed by atoms with Crippen LogP contribution in [0.1, 0.15) is 40.0 Å². The van der Waals surface area contributed by atoms with E-state index >= 15 is 0 Å². The minimum absolute atomic E-state index is 0.197. The second kappa shape index (κ2) is 6.11. The van der Waals surface area contributed by atoms with Crippen molar-refractivity contribution >= 4 is 11.8 Å². The predicted molar refractivity (Wildman–Crippen MR) is 79.9 cm³/mol. The first-order valence-corrected chi connectivity index (χ1v) is 7.40. The van der Waals surface area contributed by atoms with E-state index in [4.69, 9.17) is 0 Å². The molecule has 1 saturated heterocycles. The van der Waals surface area contributed by atoms with Crippen molar-refractivity contribution in [3.05, 3.63) is 35.4 Å². The number of amides is 2. The van der Waals surface area contributed by atoms with E-state index < -0.39 is 0 Å². The molecule has 4 heteroatoms. The summed E-state index contributed by atoms with van der Waals surface area (Å²) in [5.74, 6) is 5.80. The van der Waals surface area contributed by atoms with Gasteiger partial charge in [0.05, 0.1) is 17.7 Å². The molecule has 2 heterocycles. The maximum atomic E-state index is 12.1. The lowest BCUT2D eigenvalue weighted by Gasteiger charge is -2.11. The predicted octanol–water partition coefficient (Wildman–Crippen LogP) is 1.77. The van der Waals surface area contributed by atoms with Crippen LogP contribution in [0, 0.1) is 11.8 Å². The minimum atomic E-state index is -0.197. The number of nitrogens with zero attached hydrogens (tertiary/aromatic N) is 2. The van der Waals surface area contributed by atoms with Crippen molar-refractivity contribution < 1.29 is 9.59 Å². The normalized spacial score (nSPS) is 17.8. The van der Waals surface area contributed by atoms with E-state index in [1.807, 2.05) is 0 Å². The van der Waals surface area contributed by atoms with Gasteiger partial charge in [-0.2, -0.15) is 0 Å². The fourth-order valence-electron chi connectivity index (χ4n) is 2.81. The summed E-state index contributed by atoms with van der Waals surface area (Å²) in [5, 5.41) is 0. The van der Waals surface area contributed by atoms with Crippen molar-refractivity contribution in [3.63, 3.8) is 0 Å². The SMILES string of the molecule is O=C1c2ccccc2C(=O)N1CCC#CCN1CCCC1. The molecule has 2 aliphatic heterocycles. The Morgan fingerprint density at radius 1 is 0.952 bits per heavy atom. The van der Waals surface area contributed by atoms with Crippen LogP contribution in [0.15, 0.2) is 24.3 Å². The average Bonchev–Trinajstić information content (AvgIpc) is 3.10. The topological polar surface area (TPSA) is 40.6 Å². The van der Waals surface area contributed by atoms with Gasteiger partial charge in [-0.3, -0.25) is 19.4 Å². The van der Waals surface area contributed by atoms with Gasteiger partial charge in [0, 0.05) is 13.0 Å². The van der Waals surface area contributed by atoms with Crippen molar-refractivity contribution in [1.29, 1.82) is 0 Å². The number of fused-ring (bicyclic) bond motifs is 1. The Morgan fingerprint density at radius 3 is 2.19 bits per heavy atom. The molecule has 1 fully saturated rings. The lowest BCUT2D eigenvalue weighted by Crippen LogP contribution is -2.30. The Bertz CT molecular complexity index is 586. The first-order chi connectivity index (χ1) is 10.3. The molecule has 0 saturated carbocycles. The summed E-state index contributed by atoms with van der Waals surface area (Å²) in [5.41, 5.74) is 1.01. The van der Waals surface area contributed by atoms with Crippen LogP contribution in [0.3, 0.4) is 0 Å². The lowest BCUT2D eigenvalue weighted by molar-refractivity contribution is 0.0658. The number of likely N-dealkylation sites (tertiary alicyclic amines) is 1. The van der Waals surface area contributed by atoms with Gasteiger partial charge in [0.15, 0.2) is 0 Å². The third-order valence-electron chi connectivity index (χ3n) is 3.96. The summed E-state index contributed by atoms with van der Waals surface area (Å²) < 4.78 is 0. The van der Waals surface area contributed by atoms with Gasteiger partial charge in [-0.1, -0.05) is 18.1 Å². The number of imide groups is 1. The Labute approximate surface area is 124 Å². The molecule has 0 unspecified atom stereocenters. The van der Waals surface area contributed by atoms with Crippen molar-refractivity contribution in [1.82, 2.24) is 9.80 Å². The number of carbonyl (C=O) groups excluding carboxylic acids is 2. The van der Waals surface area contributed by atoms with E-state index in [2.05, 4.69) is 16.7 Å². The van der Waals surface area contributed by atoms with Crippen LogP contribution in [-0.4, -0.2) is 47.8 Å². The largest absolute Gasteiger partial charge is 0.292 e. The first kappa shape index (κ1) is 13.8. The maximum Gasteiger partial charge on any atom is 0.261 e. The highest BCUT2D eigenvalue weighted by Gasteiger charge is 2.34. The van der Waals surface area contributed by atoms with Gasteiger partial charge in [-0.25, -0.2) is 0 Å². The second-order valence-electron chi connectivity index (χ2n) is 5.39. The Balaban J connectivity index is 1.54. The first-order valence-electron chi connectivity index (χ1n) is 7.40. The van der Waals surface area contributed by atoms with Crippen LogP contribution in [0.4, 0.5) is 0 Å². The van der Waals surface area contributed by atoms with Crippen LogP contribution < -0.4 is 0 Å². The Kier molecular flexibility index (Phi) is 4.03. The van der Waals surface area contributed by atoms with Gasteiger partial charge in [-0.15, -0.1) is 5.92 Å². The van der Waals surface area contributed by atoms with Crippen LogP contribution in [0.5, 0.6) is 0 Å². The fraction of sp³-hybridized carbons (Fsp3) is 0.412. The number of benzene rings is 1. The summed E-state index contributed by atoms with van der Waals surface area (Å²) in [6.45, 7) is 3.43. The molecule has 3 rings (SSSR count). The number of rotatable bonds is 3. The summed E-state index contributed by atoms with van der Waals surface area (Å²) in [7, 11) is 0. The van der Waals surface area contributed by atoms with Crippen molar-refractivity contribution in [2.24, 2.45) is 0 Å². The van der Waals surface area contributed by atoms with Crippen LogP contribution >= 0.6 is 0 Å². The number of hydrogen-bond donors (Lipinski definition) is 0. The van der Waals surface area contributed by atoms with Crippen molar-refractivity contribution in [3.8, 4) is 11.8 Å². The van der Waals surface area contributed by atoms with E-state index in [9.17, 15) is 9.59 Å². The van der Waals surface area contributed by atoms with Crippen molar-refractivity contribution in [2.45, 2.75) is 19.3 Å². The molecule has 2 amide bonds. The standard InChI is InChI=1S/C17H18N2O2/c20-16-14-8-2-3-9-15(14)17(21)19(16)13-5-1-4-10-18-11-6-7-12-18/h2-3,8-9H,5-7,10-13H2. The molecule has 1 aromatic carbocycles. The molecular weight excluding hydrogens is 264 g/mol.